The molecule has 1 aromatic heterocycles. The Kier molecular flexibility index (Phi) is 27.6. The van der Waals surface area contributed by atoms with Crippen molar-refractivity contribution in [2.45, 2.75) is 141 Å². The van der Waals surface area contributed by atoms with Crippen molar-refractivity contribution in [3.63, 3.8) is 0 Å². The molecule has 48 heavy (non-hydrogen) atoms. The van der Waals surface area contributed by atoms with Crippen molar-refractivity contribution in [2.24, 2.45) is 21.3 Å². The molecule has 4 nitrogen and oxygen atoms in total. The molecule has 3 rings (SSSR count). The second-order valence-corrected chi connectivity index (χ2v) is 12.4. The molecule has 0 spiro atoms. The second kappa shape index (κ2) is 28.5. The molecule has 2 aromatic rings. The van der Waals surface area contributed by atoms with Crippen LogP contribution in [0.2, 0.25) is 0 Å². The summed E-state index contributed by atoms with van der Waals surface area (Å²) in [7, 11) is 0. The lowest BCUT2D eigenvalue weighted by Crippen LogP contribution is -2.29. The largest absolute Gasteiger partial charge is 0.269 e. The SMILES string of the molecule is C=CC.C=CCCC(/C=C\C)/C=C(C/C=N\c1cc(C)nn1C/N=C/c1ccc(C2CC(C)(C)C2)cc1)\C(C)=C\C.CC.CC.CCC. The van der Waals surface area contributed by atoms with Crippen LogP contribution in [-0.4, -0.2) is 22.2 Å². The molecule has 4 heteroatoms. The topological polar surface area (TPSA) is 42.5 Å². The lowest BCUT2D eigenvalue weighted by Gasteiger charge is -2.43. The van der Waals surface area contributed by atoms with E-state index in [1.54, 1.807) is 6.08 Å². The van der Waals surface area contributed by atoms with Gasteiger partial charge in [-0.15, -0.1) is 13.2 Å². The maximum atomic E-state index is 4.78. The summed E-state index contributed by atoms with van der Waals surface area (Å²) in [5.41, 5.74) is 6.59. The summed E-state index contributed by atoms with van der Waals surface area (Å²) in [6.45, 7) is 34.9. The number of aliphatic imine (C=N–C) groups is 2. The predicted octanol–water partition coefficient (Wildman–Crippen LogP) is 14.0. The molecule has 1 saturated carbocycles. The summed E-state index contributed by atoms with van der Waals surface area (Å²) < 4.78 is 1.87. The second-order valence-electron chi connectivity index (χ2n) is 12.4. The fourth-order valence-electron chi connectivity index (χ4n) is 5.16. The number of hydrogen-bond acceptors (Lipinski definition) is 3. The molecule has 0 saturated heterocycles. The van der Waals surface area contributed by atoms with Crippen LogP contribution >= 0.6 is 0 Å². The molecule has 0 amide bonds. The lowest BCUT2D eigenvalue weighted by molar-refractivity contribution is 0.151. The molecular formula is C44H72N4. The van der Waals surface area contributed by atoms with Gasteiger partial charge in [0, 0.05) is 24.9 Å². The molecule has 1 aliphatic rings. The number of aryl methyl sites for hydroxylation is 1. The van der Waals surface area contributed by atoms with Gasteiger partial charge in [0.15, 0.2) is 5.82 Å². The summed E-state index contributed by atoms with van der Waals surface area (Å²) in [6, 6.07) is 10.9. The highest BCUT2D eigenvalue weighted by Gasteiger charge is 2.36. The standard InChI is InChI=1S/C34H46N4.C3H8.C3H6.2C2H6/c1-8-11-13-28(12-9-2)21-31(26(4)10-3)18-19-36-33-20-27(5)37-38(33)25-35-24-29-14-16-30(17-15-29)32-22-34(6,7)23-32;2*1-3-2;2*1-2/h8-10,12,14-17,19-21,24,28,32H,1,11,13,18,22-23,25H2,2-7H3;3H2,1-2H3;3H,1H2,2H3;2*1-2H3/b12-9-,26-10+,31-21-,35-24+,36-19-;;;;. The first-order valence-electron chi connectivity index (χ1n) is 18.4. The summed E-state index contributed by atoms with van der Waals surface area (Å²) in [5.74, 6) is 1.93. The quantitative estimate of drug-likeness (QED) is 0.120. The van der Waals surface area contributed by atoms with E-state index >= 15 is 0 Å². The molecule has 0 N–H and O–H groups in total. The molecule has 0 aliphatic heterocycles. The number of rotatable bonds is 13. The van der Waals surface area contributed by atoms with Crippen molar-refractivity contribution < 1.29 is 0 Å². The Morgan fingerprint density at radius 3 is 2.12 bits per heavy atom. The molecule has 268 valence electrons. The van der Waals surface area contributed by atoms with Crippen molar-refractivity contribution in [3.8, 4) is 0 Å². The van der Waals surface area contributed by atoms with Crippen molar-refractivity contribution in [1.82, 2.24) is 9.78 Å². The Morgan fingerprint density at radius 1 is 1.04 bits per heavy atom. The van der Waals surface area contributed by atoms with Crippen LogP contribution in [-0.2, 0) is 6.67 Å². The monoisotopic (exact) mass is 657 g/mol. The van der Waals surface area contributed by atoms with E-state index in [0.717, 1.165) is 36.3 Å². The number of allylic oxidation sites excluding steroid dienone is 8. The van der Waals surface area contributed by atoms with Crippen LogP contribution < -0.4 is 0 Å². The summed E-state index contributed by atoms with van der Waals surface area (Å²) >= 11 is 0. The average Bonchev–Trinajstić information content (AvgIpc) is 3.43. The molecule has 1 fully saturated rings. The van der Waals surface area contributed by atoms with Gasteiger partial charge in [0.2, 0.25) is 0 Å². The molecule has 1 aromatic carbocycles. The van der Waals surface area contributed by atoms with E-state index < -0.39 is 0 Å². The molecular weight excluding hydrogens is 585 g/mol. The van der Waals surface area contributed by atoms with E-state index in [-0.39, 0.29) is 0 Å². The summed E-state index contributed by atoms with van der Waals surface area (Å²) in [4.78, 5) is 9.44. The zero-order chi connectivity index (χ0) is 37.0. The molecule has 1 heterocycles. The number of benzene rings is 1. The molecule has 1 unspecified atom stereocenters. The number of hydrogen-bond donors (Lipinski definition) is 0. The van der Waals surface area contributed by atoms with Gasteiger partial charge in [0.25, 0.3) is 0 Å². The van der Waals surface area contributed by atoms with Crippen molar-refractivity contribution >= 4 is 18.2 Å². The minimum Gasteiger partial charge on any atom is -0.269 e. The molecule has 1 aliphatic carbocycles. The maximum absolute atomic E-state index is 4.78. The van der Waals surface area contributed by atoms with Gasteiger partial charge in [-0.05, 0) is 94.3 Å². The van der Waals surface area contributed by atoms with Gasteiger partial charge in [0.1, 0.15) is 6.67 Å². The van der Waals surface area contributed by atoms with Gasteiger partial charge in [0.05, 0.1) is 5.69 Å². The first kappa shape index (κ1) is 46.6. The average molecular weight is 657 g/mol. The Bertz CT molecular complexity index is 1260. The fraction of sp³-hybridized carbons (Fsp3) is 0.523. The molecule has 0 bridgehead atoms. The lowest BCUT2D eigenvalue weighted by atomic mass is 9.62. The van der Waals surface area contributed by atoms with Crippen LogP contribution in [0, 0.1) is 18.3 Å². The van der Waals surface area contributed by atoms with E-state index in [1.165, 1.54) is 36.0 Å². The van der Waals surface area contributed by atoms with E-state index in [0.29, 0.717) is 23.9 Å². The third kappa shape index (κ3) is 19.3. The highest BCUT2D eigenvalue weighted by Crippen LogP contribution is 2.50. The smallest absolute Gasteiger partial charge is 0.152 e. The van der Waals surface area contributed by atoms with Crippen molar-refractivity contribution in [1.29, 1.82) is 0 Å². The summed E-state index contributed by atoms with van der Waals surface area (Å²) in [5, 5.41) is 4.61. The Morgan fingerprint density at radius 2 is 1.62 bits per heavy atom. The number of aromatic nitrogens is 2. The zero-order valence-corrected chi connectivity index (χ0v) is 33.3. The van der Waals surface area contributed by atoms with Gasteiger partial charge in [-0.3, -0.25) is 4.99 Å². The molecule has 0 radical (unpaired) electrons. The van der Waals surface area contributed by atoms with E-state index in [9.17, 15) is 0 Å². The molecule has 1 atom stereocenters. The zero-order valence-electron chi connectivity index (χ0n) is 33.3. The van der Waals surface area contributed by atoms with Crippen LogP contribution in [0.3, 0.4) is 0 Å². The van der Waals surface area contributed by atoms with E-state index in [2.05, 4.69) is 120 Å². The minimum atomic E-state index is 0.396. The van der Waals surface area contributed by atoms with Gasteiger partial charge >= 0.3 is 0 Å². The highest BCUT2D eigenvalue weighted by molar-refractivity contribution is 5.79. The third-order valence-electron chi connectivity index (χ3n) is 7.38. The van der Waals surface area contributed by atoms with Gasteiger partial charge in [-0.2, -0.15) is 5.10 Å². The Labute approximate surface area is 297 Å². The van der Waals surface area contributed by atoms with Crippen LogP contribution in [0.15, 0.2) is 101 Å². The Hall–Kier alpha value is -3.53. The van der Waals surface area contributed by atoms with Gasteiger partial charge < -0.3 is 0 Å². The van der Waals surface area contributed by atoms with Gasteiger partial charge in [-0.25, -0.2) is 9.67 Å². The van der Waals surface area contributed by atoms with Crippen molar-refractivity contribution in [3.05, 3.63) is 108 Å². The van der Waals surface area contributed by atoms with Gasteiger partial charge in [-0.1, -0.05) is 128 Å². The van der Waals surface area contributed by atoms with Crippen LogP contribution in [0.5, 0.6) is 0 Å². The van der Waals surface area contributed by atoms with Crippen LogP contribution in [0.1, 0.15) is 144 Å². The first-order chi connectivity index (χ1) is 23.1. The third-order valence-corrected chi connectivity index (χ3v) is 7.38. The highest BCUT2D eigenvalue weighted by atomic mass is 15.3. The van der Waals surface area contributed by atoms with Crippen LogP contribution in [0.25, 0.3) is 0 Å². The Balaban J connectivity index is 0. The van der Waals surface area contributed by atoms with Crippen LogP contribution in [0.4, 0.5) is 5.82 Å². The summed E-state index contributed by atoms with van der Waals surface area (Å²) in [6.07, 6.45) is 23.3. The van der Waals surface area contributed by atoms with Crippen molar-refractivity contribution in [2.75, 3.05) is 0 Å². The van der Waals surface area contributed by atoms with E-state index in [1.807, 2.05) is 70.8 Å². The van der Waals surface area contributed by atoms with E-state index in [4.69, 9.17) is 4.99 Å². The minimum absolute atomic E-state index is 0.396. The fourth-order valence-corrected chi connectivity index (χ4v) is 5.16. The first-order valence-corrected chi connectivity index (χ1v) is 18.4. The normalized spacial score (nSPS) is 14.8. The predicted molar refractivity (Wildman–Crippen MR) is 219 cm³/mol. The number of nitrogens with zero attached hydrogens (tertiary/aromatic N) is 4. The maximum Gasteiger partial charge on any atom is 0.152 e.